The summed E-state index contributed by atoms with van der Waals surface area (Å²) in [5.74, 6) is 1.88. The van der Waals surface area contributed by atoms with E-state index in [-0.39, 0.29) is 0 Å². The van der Waals surface area contributed by atoms with Crippen molar-refractivity contribution in [3.63, 3.8) is 0 Å². The van der Waals surface area contributed by atoms with Crippen molar-refractivity contribution in [2.45, 2.75) is 19.8 Å². The van der Waals surface area contributed by atoms with Crippen molar-refractivity contribution in [3.8, 4) is 5.75 Å². The van der Waals surface area contributed by atoms with E-state index < -0.39 is 0 Å². The summed E-state index contributed by atoms with van der Waals surface area (Å²) in [6.07, 6.45) is 3.58. The van der Waals surface area contributed by atoms with Crippen LogP contribution in [-0.4, -0.2) is 21.6 Å². The van der Waals surface area contributed by atoms with Crippen molar-refractivity contribution in [2.24, 2.45) is 0 Å². The lowest BCUT2D eigenvalue weighted by Crippen LogP contribution is -2.00. The number of aromatic amines is 1. The fourth-order valence-electron chi connectivity index (χ4n) is 2.15. The topological polar surface area (TPSA) is 50.8 Å². The molecule has 1 aromatic carbocycles. The van der Waals surface area contributed by atoms with Crippen LogP contribution in [0.25, 0.3) is 11.2 Å². The van der Waals surface area contributed by atoms with Crippen molar-refractivity contribution >= 4 is 11.2 Å². The molecule has 0 saturated heterocycles. The second kappa shape index (κ2) is 5.74. The number of aromatic nitrogens is 3. The van der Waals surface area contributed by atoms with E-state index >= 15 is 0 Å². The second-order valence-corrected chi connectivity index (χ2v) is 4.78. The number of nitrogens with zero attached hydrogens (tertiary/aromatic N) is 2. The first-order valence-electron chi connectivity index (χ1n) is 6.81. The van der Waals surface area contributed by atoms with Crippen molar-refractivity contribution in [3.05, 3.63) is 54.0 Å². The van der Waals surface area contributed by atoms with Crippen LogP contribution in [0.4, 0.5) is 0 Å². The standard InChI is InChI=1S/C16H17N3O/c1-12-9-10-17-16-15(12)18-14(19-16)8-5-11-20-13-6-3-2-4-7-13/h2-4,6-7,9-10H,5,8,11H2,1H3,(H,17,18,19). The van der Waals surface area contributed by atoms with Gasteiger partial charge in [0.2, 0.25) is 0 Å². The van der Waals surface area contributed by atoms with Gasteiger partial charge in [0.1, 0.15) is 11.6 Å². The lowest BCUT2D eigenvalue weighted by molar-refractivity contribution is 0.310. The number of fused-ring (bicyclic) bond motifs is 1. The Morgan fingerprint density at radius 1 is 1.15 bits per heavy atom. The second-order valence-electron chi connectivity index (χ2n) is 4.78. The monoisotopic (exact) mass is 267 g/mol. The molecular formula is C16H17N3O. The summed E-state index contributed by atoms with van der Waals surface area (Å²) in [6, 6.07) is 11.9. The first-order valence-corrected chi connectivity index (χ1v) is 6.81. The largest absolute Gasteiger partial charge is 0.494 e. The van der Waals surface area contributed by atoms with Crippen LogP contribution in [0, 0.1) is 6.92 Å². The normalized spacial score (nSPS) is 10.8. The summed E-state index contributed by atoms with van der Waals surface area (Å²) in [7, 11) is 0. The van der Waals surface area contributed by atoms with Crippen molar-refractivity contribution in [2.75, 3.05) is 6.61 Å². The number of para-hydroxylation sites is 1. The molecule has 0 fully saturated rings. The van der Waals surface area contributed by atoms with Crippen LogP contribution in [0.3, 0.4) is 0 Å². The van der Waals surface area contributed by atoms with Crippen LogP contribution >= 0.6 is 0 Å². The average Bonchev–Trinajstić information content (AvgIpc) is 2.89. The third kappa shape index (κ3) is 2.79. The molecule has 20 heavy (non-hydrogen) atoms. The summed E-state index contributed by atoms with van der Waals surface area (Å²) in [6.45, 7) is 2.75. The smallest absolute Gasteiger partial charge is 0.177 e. The van der Waals surface area contributed by atoms with Gasteiger partial charge in [-0.1, -0.05) is 18.2 Å². The first-order chi connectivity index (χ1) is 9.83. The van der Waals surface area contributed by atoms with Gasteiger partial charge >= 0.3 is 0 Å². The average molecular weight is 267 g/mol. The molecule has 0 aliphatic carbocycles. The SMILES string of the molecule is Cc1ccnc2nc(CCCOc3ccccc3)[nH]c12. The lowest BCUT2D eigenvalue weighted by Gasteiger charge is -2.04. The fourth-order valence-corrected chi connectivity index (χ4v) is 2.15. The van der Waals surface area contributed by atoms with Gasteiger partial charge in [-0.2, -0.15) is 0 Å². The molecule has 1 N–H and O–H groups in total. The van der Waals surface area contributed by atoms with Gasteiger partial charge in [-0.25, -0.2) is 9.97 Å². The summed E-state index contributed by atoms with van der Waals surface area (Å²) in [5, 5.41) is 0. The minimum Gasteiger partial charge on any atom is -0.494 e. The number of aryl methyl sites for hydroxylation is 2. The first kappa shape index (κ1) is 12.7. The summed E-state index contributed by atoms with van der Waals surface area (Å²) >= 11 is 0. The highest BCUT2D eigenvalue weighted by atomic mass is 16.5. The maximum atomic E-state index is 5.67. The number of nitrogens with one attached hydrogen (secondary N) is 1. The Morgan fingerprint density at radius 2 is 2.00 bits per heavy atom. The van der Waals surface area contributed by atoms with Gasteiger partial charge in [-0.05, 0) is 37.1 Å². The third-order valence-corrected chi connectivity index (χ3v) is 3.22. The van der Waals surface area contributed by atoms with Gasteiger partial charge in [0.05, 0.1) is 12.1 Å². The molecular weight excluding hydrogens is 250 g/mol. The van der Waals surface area contributed by atoms with Gasteiger partial charge in [-0.15, -0.1) is 0 Å². The molecule has 3 aromatic rings. The molecule has 0 spiro atoms. The predicted molar refractivity (Wildman–Crippen MR) is 78.9 cm³/mol. The molecule has 0 bridgehead atoms. The van der Waals surface area contributed by atoms with Gasteiger partial charge < -0.3 is 9.72 Å². The Morgan fingerprint density at radius 3 is 2.80 bits per heavy atom. The van der Waals surface area contributed by atoms with Crippen LogP contribution in [0.15, 0.2) is 42.6 Å². The van der Waals surface area contributed by atoms with Crippen LogP contribution in [-0.2, 0) is 6.42 Å². The van der Waals surface area contributed by atoms with E-state index in [9.17, 15) is 0 Å². The molecule has 0 aliphatic heterocycles. The number of hydrogen-bond donors (Lipinski definition) is 1. The Kier molecular flexibility index (Phi) is 3.63. The van der Waals surface area contributed by atoms with E-state index in [1.54, 1.807) is 6.20 Å². The zero-order valence-electron chi connectivity index (χ0n) is 11.5. The Labute approximate surface area is 117 Å². The van der Waals surface area contributed by atoms with Gasteiger partial charge in [0, 0.05) is 12.6 Å². The van der Waals surface area contributed by atoms with Crippen LogP contribution in [0.2, 0.25) is 0 Å². The van der Waals surface area contributed by atoms with Crippen LogP contribution < -0.4 is 4.74 Å². The van der Waals surface area contributed by atoms with Crippen LogP contribution in [0.1, 0.15) is 17.8 Å². The Balaban J connectivity index is 1.56. The zero-order valence-corrected chi connectivity index (χ0v) is 11.5. The molecule has 4 nitrogen and oxygen atoms in total. The number of imidazole rings is 1. The molecule has 0 radical (unpaired) electrons. The van der Waals surface area contributed by atoms with Crippen LogP contribution in [0.5, 0.6) is 5.75 Å². The van der Waals surface area contributed by atoms with E-state index in [0.29, 0.717) is 6.61 Å². The molecule has 102 valence electrons. The number of hydrogen-bond acceptors (Lipinski definition) is 3. The quantitative estimate of drug-likeness (QED) is 0.722. The predicted octanol–water partition coefficient (Wildman–Crippen LogP) is 3.28. The Bertz CT molecular complexity index is 691. The van der Waals surface area contributed by atoms with E-state index in [0.717, 1.165) is 35.6 Å². The molecule has 2 aromatic heterocycles. The molecule has 0 amide bonds. The summed E-state index contributed by atoms with van der Waals surface area (Å²) < 4.78 is 5.67. The van der Waals surface area contributed by atoms with Gasteiger partial charge in [-0.3, -0.25) is 0 Å². The minimum atomic E-state index is 0.688. The molecule has 3 rings (SSSR count). The van der Waals surface area contributed by atoms with Gasteiger partial charge in [0.25, 0.3) is 0 Å². The van der Waals surface area contributed by atoms with Crippen molar-refractivity contribution < 1.29 is 4.74 Å². The number of H-pyrrole nitrogens is 1. The summed E-state index contributed by atoms with van der Waals surface area (Å²) in [4.78, 5) is 12.1. The van der Waals surface area contributed by atoms with Gasteiger partial charge in [0.15, 0.2) is 5.65 Å². The fraction of sp³-hybridized carbons (Fsp3) is 0.250. The highest BCUT2D eigenvalue weighted by molar-refractivity contribution is 5.74. The molecule has 2 heterocycles. The molecule has 0 aliphatic rings. The third-order valence-electron chi connectivity index (χ3n) is 3.22. The molecule has 0 saturated carbocycles. The summed E-state index contributed by atoms with van der Waals surface area (Å²) in [5.41, 5.74) is 3.00. The number of benzene rings is 1. The van der Waals surface area contributed by atoms with Crippen molar-refractivity contribution in [1.29, 1.82) is 0 Å². The maximum Gasteiger partial charge on any atom is 0.177 e. The minimum absolute atomic E-state index is 0.688. The molecule has 0 unspecified atom stereocenters. The van der Waals surface area contributed by atoms with E-state index in [1.807, 2.05) is 36.4 Å². The number of ether oxygens (including phenoxy) is 1. The number of rotatable bonds is 5. The maximum absolute atomic E-state index is 5.67. The highest BCUT2D eigenvalue weighted by Crippen LogP contribution is 2.14. The number of pyridine rings is 1. The molecule has 4 heteroatoms. The van der Waals surface area contributed by atoms with E-state index in [4.69, 9.17) is 4.74 Å². The molecule has 0 atom stereocenters. The highest BCUT2D eigenvalue weighted by Gasteiger charge is 2.05. The zero-order chi connectivity index (χ0) is 13.8. The lowest BCUT2D eigenvalue weighted by atomic mass is 10.3. The van der Waals surface area contributed by atoms with E-state index in [1.165, 1.54) is 5.56 Å². The van der Waals surface area contributed by atoms with Crippen molar-refractivity contribution in [1.82, 2.24) is 15.0 Å². The van der Waals surface area contributed by atoms with E-state index in [2.05, 4.69) is 21.9 Å². The Hall–Kier alpha value is -2.36.